The Morgan fingerprint density at radius 1 is 1.12 bits per heavy atom. The third-order valence-electron chi connectivity index (χ3n) is 6.29. The minimum Gasteiger partial charge on any atom is -0.336 e. The van der Waals surface area contributed by atoms with Gasteiger partial charge in [0, 0.05) is 45.2 Å². The topological polar surface area (TPSA) is 74.6 Å². The predicted octanol–water partition coefficient (Wildman–Crippen LogP) is 0.508. The Morgan fingerprint density at radius 2 is 1.85 bits per heavy atom. The lowest BCUT2D eigenvalue weighted by Crippen LogP contribution is -2.55. The van der Waals surface area contributed by atoms with E-state index in [1.165, 1.54) is 12.8 Å². The van der Waals surface area contributed by atoms with Gasteiger partial charge in [0.1, 0.15) is 6.33 Å². The van der Waals surface area contributed by atoms with Crippen molar-refractivity contribution in [2.75, 3.05) is 39.3 Å². The van der Waals surface area contributed by atoms with Crippen LogP contribution in [0.15, 0.2) is 6.33 Å². The molecule has 1 aromatic rings. The van der Waals surface area contributed by atoms with Crippen molar-refractivity contribution < 1.29 is 9.59 Å². The van der Waals surface area contributed by atoms with Crippen LogP contribution in [0.4, 0.5) is 0 Å². The van der Waals surface area contributed by atoms with Crippen LogP contribution in [-0.2, 0) is 11.8 Å². The summed E-state index contributed by atoms with van der Waals surface area (Å²) in [6.45, 7) is 5.47. The van der Waals surface area contributed by atoms with E-state index in [2.05, 4.69) is 19.9 Å². The highest BCUT2D eigenvalue weighted by Crippen LogP contribution is 2.39. The fourth-order valence-electron chi connectivity index (χ4n) is 4.71. The Hall–Kier alpha value is -1.96. The summed E-state index contributed by atoms with van der Waals surface area (Å²) >= 11 is 0. The first-order valence-corrected chi connectivity index (χ1v) is 9.75. The lowest BCUT2D eigenvalue weighted by molar-refractivity contribution is -0.132. The number of nitrogens with zero attached hydrogens (tertiary/aromatic N) is 6. The van der Waals surface area contributed by atoms with Gasteiger partial charge in [-0.15, -0.1) is 5.10 Å². The molecule has 0 aromatic carbocycles. The van der Waals surface area contributed by atoms with Crippen molar-refractivity contribution in [2.24, 2.45) is 7.05 Å². The second kappa shape index (κ2) is 6.98. The van der Waals surface area contributed by atoms with E-state index in [0.717, 1.165) is 45.4 Å². The lowest BCUT2D eigenvalue weighted by atomic mass is 9.85. The van der Waals surface area contributed by atoms with Gasteiger partial charge >= 0.3 is 0 Å². The maximum atomic E-state index is 12.6. The number of piperidine rings is 1. The van der Waals surface area contributed by atoms with E-state index in [-0.39, 0.29) is 23.2 Å². The number of aromatic nitrogens is 3. The van der Waals surface area contributed by atoms with Crippen LogP contribution in [0.5, 0.6) is 0 Å². The number of rotatable bonds is 4. The van der Waals surface area contributed by atoms with Crippen molar-refractivity contribution in [1.82, 2.24) is 29.5 Å². The number of amides is 2. The van der Waals surface area contributed by atoms with Crippen LogP contribution in [0.2, 0.25) is 0 Å². The minimum absolute atomic E-state index is 0.0505. The summed E-state index contributed by atoms with van der Waals surface area (Å²) in [6.07, 6.45) is 7.39. The molecule has 0 atom stereocenters. The number of hydrogen-bond acceptors (Lipinski definition) is 5. The molecule has 4 rings (SSSR count). The summed E-state index contributed by atoms with van der Waals surface area (Å²) in [6, 6.07) is 0. The number of carbonyl (C=O) groups is 2. The standard InChI is InChI=1S/C18H28N6O2/c1-21-14-19-16(20-21)17(26)23-10-6-18(7-11-23)5-4-15(25)24(18)13-12-22-8-2-3-9-22/h14H,2-13H2,1H3. The normalized spacial score (nSPS) is 23.3. The first-order chi connectivity index (χ1) is 12.6. The average Bonchev–Trinajstić information content (AvgIpc) is 3.37. The van der Waals surface area contributed by atoms with E-state index in [9.17, 15) is 9.59 Å². The van der Waals surface area contributed by atoms with E-state index < -0.39 is 0 Å². The molecule has 3 aliphatic heterocycles. The summed E-state index contributed by atoms with van der Waals surface area (Å²) in [5.74, 6) is 0.445. The van der Waals surface area contributed by atoms with E-state index in [1.54, 1.807) is 18.1 Å². The van der Waals surface area contributed by atoms with E-state index in [4.69, 9.17) is 0 Å². The molecule has 8 heteroatoms. The highest BCUT2D eigenvalue weighted by molar-refractivity contribution is 5.90. The van der Waals surface area contributed by atoms with Gasteiger partial charge in [-0.1, -0.05) is 0 Å². The molecule has 3 saturated heterocycles. The molecule has 8 nitrogen and oxygen atoms in total. The summed E-state index contributed by atoms with van der Waals surface area (Å²) in [5, 5.41) is 4.12. The molecule has 0 saturated carbocycles. The zero-order valence-corrected chi connectivity index (χ0v) is 15.6. The Bertz CT molecular complexity index is 673. The number of hydrogen-bond donors (Lipinski definition) is 0. The molecule has 26 heavy (non-hydrogen) atoms. The van der Waals surface area contributed by atoms with E-state index in [0.29, 0.717) is 19.5 Å². The Morgan fingerprint density at radius 3 is 2.50 bits per heavy atom. The third kappa shape index (κ3) is 3.22. The quantitative estimate of drug-likeness (QED) is 0.782. The van der Waals surface area contributed by atoms with E-state index in [1.807, 2.05) is 4.90 Å². The van der Waals surface area contributed by atoms with Crippen LogP contribution < -0.4 is 0 Å². The van der Waals surface area contributed by atoms with Crippen LogP contribution in [0.25, 0.3) is 0 Å². The minimum atomic E-state index is -0.103. The first kappa shape index (κ1) is 17.5. The summed E-state index contributed by atoms with van der Waals surface area (Å²) in [7, 11) is 1.76. The number of carbonyl (C=O) groups excluding carboxylic acids is 2. The Labute approximate surface area is 154 Å². The zero-order chi connectivity index (χ0) is 18.1. The Kier molecular flexibility index (Phi) is 4.69. The maximum absolute atomic E-state index is 12.6. The van der Waals surface area contributed by atoms with Crippen molar-refractivity contribution in [2.45, 2.75) is 44.1 Å². The second-order valence-electron chi connectivity index (χ2n) is 7.85. The van der Waals surface area contributed by atoms with Crippen molar-refractivity contribution in [3.8, 4) is 0 Å². The van der Waals surface area contributed by atoms with Crippen LogP contribution in [0.3, 0.4) is 0 Å². The summed E-state index contributed by atoms with van der Waals surface area (Å²) < 4.78 is 1.55. The number of likely N-dealkylation sites (tertiary alicyclic amines) is 3. The van der Waals surface area contributed by atoms with Gasteiger partial charge in [-0.3, -0.25) is 14.3 Å². The zero-order valence-electron chi connectivity index (χ0n) is 15.6. The SMILES string of the molecule is Cn1cnc(C(=O)N2CCC3(CCC(=O)N3CCN3CCCC3)CC2)n1. The number of aryl methyl sites for hydroxylation is 1. The van der Waals surface area contributed by atoms with Gasteiger partial charge in [0.2, 0.25) is 11.7 Å². The fourth-order valence-corrected chi connectivity index (χ4v) is 4.71. The summed E-state index contributed by atoms with van der Waals surface area (Å²) in [5.41, 5.74) is -0.0505. The molecule has 0 radical (unpaired) electrons. The molecule has 0 unspecified atom stereocenters. The van der Waals surface area contributed by atoms with Gasteiger partial charge in [-0.05, 0) is 45.2 Å². The fraction of sp³-hybridized carbons (Fsp3) is 0.778. The lowest BCUT2D eigenvalue weighted by Gasteiger charge is -2.45. The van der Waals surface area contributed by atoms with Crippen molar-refractivity contribution in [3.05, 3.63) is 12.2 Å². The largest absolute Gasteiger partial charge is 0.336 e. The Balaban J connectivity index is 1.37. The maximum Gasteiger partial charge on any atom is 0.293 e. The highest BCUT2D eigenvalue weighted by Gasteiger charge is 2.47. The van der Waals surface area contributed by atoms with Gasteiger partial charge < -0.3 is 14.7 Å². The highest BCUT2D eigenvalue weighted by atomic mass is 16.2. The smallest absolute Gasteiger partial charge is 0.293 e. The van der Waals surface area contributed by atoms with Crippen molar-refractivity contribution >= 4 is 11.8 Å². The molecular formula is C18H28N6O2. The molecule has 0 bridgehead atoms. The molecule has 142 valence electrons. The van der Waals surface area contributed by atoms with Crippen LogP contribution >= 0.6 is 0 Å². The van der Waals surface area contributed by atoms with E-state index >= 15 is 0 Å². The van der Waals surface area contributed by atoms with Gasteiger partial charge in [0.05, 0.1) is 0 Å². The van der Waals surface area contributed by atoms with Crippen molar-refractivity contribution in [3.63, 3.8) is 0 Å². The third-order valence-corrected chi connectivity index (χ3v) is 6.29. The second-order valence-corrected chi connectivity index (χ2v) is 7.85. The molecule has 3 aliphatic rings. The summed E-state index contributed by atoms with van der Waals surface area (Å²) in [4.78, 5) is 35.6. The average molecular weight is 360 g/mol. The van der Waals surface area contributed by atoms with Crippen LogP contribution in [0, 0.1) is 0 Å². The molecule has 3 fully saturated rings. The molecule has 4 heterocycles. The van der Waals surface area contributed by atoms with Gasteiger partial charge in [-0.25, -0.2) is 4.98 Å². The molecule has 1 spiro atoms. The van der Waals surface area contributed by atoms with Gasteiger partial charge in [-0.2, -0.15) is 0 Å². The molecule has 1 aromatic heterocycles. The first-order valence-electron chi connectivity index (χ1n) is 9.75. The van der Waals surface area contributed by atoms with Gasteiger partial charge in [0.15, 0.2) is 0 Å². The van der Waals surface area contributed by atoms with Gasteiger partial charge in [0.25, 0.3) is 5.91 Å². The predicted molar refractivity (Wildman–Crippen MR) is 95.5 cm³/mol. The van der Waals surface area contributed by atoms with Crippen LogP contribution in [0.1, 0.15) is 49.1 Å². The van der Waals surface area contributed by atoms with Crippen LogP contribution in [-0.4, -0.2) is 86.1 Å². The molecule has 0 aliphatic carbocycles. The molecule has 0 N–H and O–H groups in total. The molecule has 2 amide bonds. The monoisotopic (exact) mass is 360 g/mol. The van der Waals surface area contributed by atoms with Crippen molar-refractivity contribution in [1.29, 1.82) is 0 Å². The molecular weight excluding hydrogens is 332 g/mol.